The molecule has 6 heteroatoms. The van der Waals surface area contributed by atoms with E-state index in [1.54, 1.807) is 30.4 Å². The molecule has 5 nitrogen and oxygen atoms in total. The van der Waals surface area contributed by atoms with Crippen molar-refractivity contribution in [2.24, 2.45) is 0 Å². The standard InChI is InChI=1S/C13H13NO4S/c15-11-5-3-4-10(8-11)9-13(14(16)17)7-2-1-6-12(13)19-18/h1-8,12,15,18H,9H2/p-1. The van der Waals surface area contributed by atoms with Crippen LogP contribution in [0.15, 0.2) is 48.6 Å². The minimum Gasteiger partial charge on any atom is -0.798 e. The van der Waals surface area contributed by atoms with Gasteiger partial charge in [0.2, 0.25) is 0 Å². The quantitative estimate of drug-likeness (QED) is 0.519. The van der Waals surface area contributed by atoms with E-state index in [-0.39, 0.29) is 24.2 Å². The van der Waals surface area contributed by atoms with E-state index in [2.05, 4.69) is 0 Å². The molecule has 2 atom stereocenters. The number of phenolic OH excluding ortho intramolecular Hbond substituents is 1. The normalized spacial score (nSPS) is 25.4. The summed E-state index contributed by atoms with van der Waals surface area (Å²) in [4.78, 5) is 11.0. The number of nitro groups is 1. The van der Waals surface area contributed by atoms with Crippen molar-refractivity contribution in [2.45, 2.75) is 17.2 Å². The highest BCUT2D eigenvalue weighted by atomic mass is 32.2. The molecule has 1 aliphatic carbocycles. The van der Waals surface area contributed by atoms with Crippen LogP contribution in [0.4, 0.5) is 0 Å². The predicted molar refractivity (Wildman–Crippen MR) is 72.0 cm³/mol. The van der Waals surface area contributed by atoms with Gasteiger partial charge >= 0.3 is 0 Å². The first-order chi connectivity index (χ1) is 9.08. The Labute approximate surface area is 114 Å². The van der Waals surface area contributed by atoms with Gasteiger partial charge in [-0.05, 0) is 23.8 Å². The molecular weight excluding hydrogens is 266 g/mol. The first-order valence-corrected chi connectivity index (χ1v) is 6.46. The molecule has 0 saturated heterocycles. The molecule has 0 saturated carbocycles. The molecule has 0 amide bonds. The van der Waals surface area contributed by atoms with Crippen molar-refractivity contribution in [3.63, 3.8) is 0 Å². The minimum absolute atomic E-state index is 0.0534. The Balaban J connectivity index is 2.38. The Hall–Kier alpha value is -1.79. The minimum atomic E-state index is -1.46. The summed E-state index contributed by atoms with van der Waals surface area (Å²) in [6.45, 7) is 0. The molecule has 0 radical (unpaired) electrons. The first-order valence-electron chi connectivity index (χ1n) is 5.65. The molecule has 0 bridgehead atoms. The van der Waals surface area contributed by atoms with Crippen LogP contribution in [0.5, 0.6) is 5.75 Å². The Bertz CT molecular complexity index is 543. The van der Waals surface area contributed by atoms with Crippen molar-refractivity contribution < 1.29 is 14.6 Å². The summed E-state index contributed by atoms with van der Waals surface area (Å²) in [5.74, 6) is 0.0534. The zero-order valence-electron chi connectivity index (χ0n) is 9.93. The lowest BCUT2D eigenvalue weighted by molar-refractivity contribution is -0.552. The van der Waals surface area contributed by atoms with Crippen LogP contribution in [0.3, 0.4) is 0 Å². The molecule has 0 aliphatic heterocycles. The summed E-state index contributed by atoms with van der Waals surface area (Å²) in [6.07, 6.45) is 6.28. The highest BCUT2D eigenvalue weighted by Crippen LogP contribution is 2.34. The molecule has 0 spiro atoms. The molecule has 2 rings (SSSR count). The van der Waals surface area contributed by atoms with E-state index in [1.165, 1.54) is 18.2 Å². The maximum absolute atomic E-state index is 11.4. The van der Waals surface area contributed by atoms with Gasteiger partial charge in [-0.15, -0.1) is 0 Å². The molecule has 0 fully saturated rings. The average molecular weight is 278 g/mol. The summed E-state index contributed by atoms with van der Waals surface area (Å²) in [5.41, 5.74) is -0.842. The van der Waals surface area contributed by atoms with Gasteiger partial charge in [-0.1, -0.05) is 30.4 Å². The predicted octanol–water partition coefficient (Wildman–Crippen LogP) is 2.31. The van der Waals surface area contributed by atoms with Crippen molar-refractivity contribution in [3.8, 4) is 5.75 Å². The molecule has 1 aliphatic rings. The van der Waals surface area contributed by atoms with E-state index in [0.29, 0.717) is 5.56 Å². The van der Waals surface area contributed by atoms with Crippen molar-refractivity contribution in [2.75, 3.05) is 0 Å². The summed E-state index contributed by atoms with van der Waals surface area (Å²) in [5, 5.41) is 20.1. The van der Waals surface area contributed by atoms with Crippen LogP contribution >= 0.6 is 12.0 Å². The lowest BCUT2D eigenvalue weighted by atomic mass is 9.85. The van der Waals surface area contributed by atoms with Gasteiger partial charge in [-0.2, -0.15) is 0 Å². The maximum atomic E-state index is 11.4. The van der Waals surface area contributed by atoms with Crippen LogP contribution in [0, 0.1) is 10.1 Å². The van der Waals surface area contributed by atoms with Gasteiger partial charge in [0.15, 0.2) is 0 Å². The van der Waals surface area contributed by atoms with E-state index in [1.807, 2.05) is 0 Å². The second kappa shape index (κ2) is 5.46. The fraction of sp³-hybridized carbons (Fsp3) is 0.231. The monoisotopic (exact) mass is 278 g/mol. The number of benzene rings is 1. The fourth-order valence-electron chi connectivity index (χ4n) is 2.15. The van der Waals surface area contributed by atoms with E-state index >= 15 is 0 Å². The van der Waals surface area contributed by atoms with Crippen LogP contribution in [0.25, 0.3) is 0 Å². The van der Waals surface area contributed by atoms with Crippen LogP contribution < -0.4 is 0 Å². The third-order valence-corrected chi connectivity index (χ3v) is 3.89. The molecule has 1 N–H and O–H groups in total. The third kappa shape index (κ3) is 2.64. The average Bonchev–Trinajstić information content (AvgIpc) is 2.39. The zero-order valence-corrected chi connectivity index (χ0v) is 10.7. The van der Waals surface area contributed by atoms with E-state index in [4.69, 9.17) is 0 Å². The SMILES string of the molecule is O=[N+]([O-])C1(Cc2cccc(O)c2)C=CC=CC1S[O-]. The van der Waals surface area contributed by atoms with Gasteiger partial charge in [0.1, 0.15) is 5.75 Å². The molecule has 0 heterocycles. The van der Waals surface area contributed by atoms with Crippen LogP contribution in [-0.2, 0) is 6.42 Å². The van der Waals surface area contributed by atoms with Crippen molar-refractivity contribution in [1.82, 2.24) is 0 Å². The second-order valence-electron chi connectivity index (χ2n) is 4.36. The van der Waals surface area contributed by atoms with E-state index in [0.717, 1.165) is 0 Å². The number of nitrogens with zero attached hydrogens (tertiary/aromatic N) is 1. The van der Waals surface area contributed by atoms with Crippen LogP contribution in [-0.4, -0.2) is 25.4 Å². The summed E-state index contributed by atoms with van der Waals surface area (Å²) in [6, 6.07) is 6.30. The highest BCUT2D eigenvalue weighted by molar-refractivity contribution is 7.94. The summed E-state index contributed by atoms with van der Waals surface area (Å²) < 4.78 is 11.1. The highest BCUT2D eigenvalue weighted by Gasteiger charge is 2.46. The number of allylic oxidation sites excluding steroid dienone is 2. The smallest absolute Gasteiger partial charge is 0.258 e. The Morgan fingerprint density at radius 3 is 2.84 bits per heavy atom. The summed E-state index contributed by atoms with van der Waals surface area (Å²) in [7, 11) is 0. The van der Waals surface area contributed by atoms with Crippen molar-refractivity contribution >= 4 is 12.0 Å². The Kier molecular flexibility index (Phi) is 3.92. The lowest BCUT2D eigenvalue weighted by Crippen LogP contribution is -2.48. The molecular formula is C13H12NO4S-. The van der Waals surface area contributed by atoms with Gasteiger partial charge in [-0.25, -0.2) is 12.0 Å². The van der Waals surface area contributed by atoms with Crippen LogP contribution in [0.2, 0.25) is 0 Å². The van der Waals surface area contributed by atoms with Crippen molar-refractivity contribution in [1.29, 1.82) is 0 Å². The number of phenols is 1. The third-order valence-electron chi connectivity index (χ3n) is 3.12. The Morgan fingerprint density at radius 1 is 1.42 bits per heavy atom. The number of hydrogen-bond acceptors (Lipinski definition) is 5. The van der Waals surface area contributed by atoms with Gasteiger partial charge in [0.25, 0.3) is 5.54 Å². The number of hydrogen-bond donors (Lipinski definition) is 1. The second-order valence-corrected chi connectivity index (χ2v) is 5.06. The molecule has 19 heavy (non-hydrogen) atoms. The van der Waals surface area contributed by atoms with E-state index in [9.17, 15) is 19.8 Å². The molecule has 1 aromatic carbocycles. The van der Waals surface area contributed by atoms with Gasteiger partial charge in [-0.3, -0.25) is 10.1 Å². The lowest BCUT2D eigenvalue weighted by Gasteiger charge is -2.32. The first kappa shape index (κ1) is 13.6. The zero-order chi connectivity index (χ0) is 13.9. The number of rotatable bonds is 4. The topological polar surface area (TPSA) is 86.4 Å². The van der Waals surface area contributed by atoms with Gasteiger partial charge in [0, 0.05) is 11.3 Å². The van der Waals surface area contributed by atoms with Gasteiger partial charge in [0.05, 0.1) is 5.25 Å². The molecule has 2 unspecified atom stereocenters. The Morgan fingerprint density at radius 2 is 2.21 bits per heavy atom. The van der Waals surface area contributed by atoms with Crippen LogP contribution in [0.1, 0.15) is 5.56 Å². The molecule has 100 valence electrons. The largest absolute Gasteiger partial charge is 0.798 e. The van der Waals surface area contributed by atoms with Gasteiger partial charge < -0.3 is 9.66 Å². The molecule has 1 aromatic rings. The maximum Gasteiger partial charge on any atom is 0.258 e. The summed E-state index contributed by atoms with van der Waals surface area (Å²) >= 11 is 0.212. The van der Waals surface area contributed by atoms with E-state index < -0.39 is 15.7 Å². The fourth-order valence-corrected chi connectivity index (χ4v) is 2.72. The number of aromatic hydroxyl groups is 1. The molecule has 0 aromatic heterocycles. The van der Waals surface area contributed by atoms with Crippen molar-refractivity contribution in [3.05, 3.63) is 64.2 Å².